The lowest BCUT2D eigenvalue weighted by Gasteiger charge is -2.21. The van der Waals surface area contributed by atoms with Crippen molar-refractivity contribution in [3.8, 4) is 17.2 Å². The molecule has 31 heavy (non-hydrogen) atoms. The van der Waals surface area contributed by atoms with Crippen LogP contribution in [0.1, 0.15) is 54.6 Å². The summed E-state index contributed by atoms with van der Waals surface area (Å²) in [6.45, 7) is 0.555. The van der Waals surface area contributed by atoms with E-state index < -0.39 is 0 Å². The van der Waals surface area contributed by atoms with Gasteiger partial charge in [0.1, 0.15) is 4.88 Å². The lowest BCUT2D eigenvalue weighted by atomic mass is 9.86. The Balaban J connectivity index is 1.56. The summed E-state index contributed by atoms with van der Waals surface area (Å²) in [6, 6.07) is 3.71. The fourth-order valence-electron chi connectivity index (χ4n) is 4.09. The second-order valence-electron chi connectivity index (χ2n) is 7.65. The van der Waals surface area contributed by atoms with E-state index in [-0.39, 0.29) is 11.9 Å². The zero-order valence-corrected chi connectivity index (χ0v) is 18.6. The Hall–Kier alpha value is -2.88. The quantitative estimate of drug-likeness (QED) is 0.469. The zero-order valence-electron chi connectivity index (χ0n) is 17.8. The van der Waals surface area contributed by atoms with Crippen LogP contribution in [0.4, 0.5) is 5.95 Å². The monoisotopic (exact) mass is 445 g/mol. The Morgan fingerprint density at radius 1 is 1.19 bits per heavy atom. The molecule has 2 aromatic heterocycles. The van der Waals surface area contributed by atoms with Gasteiger partial charge in [0, 0.05) is 16.2 Å². The van der Waals surface area contributed by atoms with Gasteiger partial charge in [-0.3, -0.25) is 10.1 Å². The minimum Gasteiger partial charge on any atom is -0.493 e. The Morgan fingerprint density at radius 3 is 2.68 bits per heavy atom. The first kappa shape index (κ1) is 21.4. The normalized spacial score (nSPS) is 14.5. The van der Waals surface area contributed by atoms with Gasteiger partial charge in [0.25, 0.3) is 11.9 Å². The predicted octanol–water partition coefficient (Wildman–Crippen LogP) is 4.42. The van der Waals surface area contributed by atoms with Crippen molar-refractivity contribution in [2.75, 3.05) is 26.1 Å². The molecule has 2 heterocycles. The average Bonchev–Trinajstić information content (AvgIpc) is 3.43. The van der Waals surface area contributed by atoms with Crippen LogP contribution in [0.25, 0.3) is 10.1 Å². The lowest BCUT2D eigenvalue weighted by Crippen LogP contribution is -2.13. The molecule has 0 saturated heterocycles. The summed E-state index contributed by atoms with van der Waals surface area (Å²) in [4.78, 5) is 13.4. The van der Waals surface area contributed by atoms with Crippen molar-refractivity contribution in [3.05, 3.63) is 17.0 Å². The number of fused-ring (bicyclic) bond motifs is 1. The third kappa shape index (κ3) is 4.90. The molecule has 0 bridgehead atoms. The van der Waals surface area contributed by atoms with E-state index in [1.165, 1.54) is 43.4 Å². The van der Waals surface area contributed by atoms with Gasteiger partial charge in [-0.15, -0.1) is 16.4 Å². The second-order valence-corrected chi connectivity index (χ2v) is 8.70. The van der Waals surface area contributed by atoms with E-state index >= 15 is 0 Å². The van der Waals surface area contributed by atoms with E-state index in [0.717, 1.165) is 28.8 Å². The predicted molar refractivity (Wildman–Crippen MR) is 118 cm³/mol. The first-order chi connectivity index (χ1) is 15.2. The average molecular weight is 446 g/mol. The van der Waals surface area contributed by atoms with Crippen molar-refractivity contribution in [3.63, 3.8) is 0 Å². The Bertz CT molecular complexity index is 1010. The van der Waals surface area contributed by atoms with Crippen LogP contribution in [-0.2, 0) is 0 Å². The van der Waals surface area contributed by atoms with Gasteiger partial charge in [0.15, 0.2) is 17.2 Å². The number of thiophene rings is 1. The molecule has 1 amide bonds. The molecule has 10 heteroatoms. The number of tetrazole rings is 1. The summed E-state index contributed by atoms with van der Waals surface area (Å²) in [5, 5.41) is 16.9. The minimum absolute atomic E-state index is 0.112. The summed E-state index contributed by atoms with van der Waals surface area (Å²) < 4.78 is 17.9. The molecule has 0 atom stereocenters. The van der Waals surface area contributed by atoms with Gasteiger partial charge in [-0.2, -0.15) is 5.21 Å². The van der Waals surface area contributed by atoms with Crippen molar-refractivity contribution in [1.29, 1.82) is 0 Å². The Morgan fingerprint density at radius 2 is 1.97 bits per heavy atom. The van der Waals surface area contributed by atoms with Gasteiger partial charge in [-0.25, -0.2) is 0 Å². The number of hydrogen-bond donors (Lipinski definition) is 2. The number of aromatic amines is 1. The number of methoxy groups -OCH3 is 2. The van der Waals surface area contributed by atoms with Gasteiger partial charge in [0.05, 0.1) is 20.8 Å². The molecular formula is C21H27N5O4S. The van der Waals surface area contributed by atoms with Crippen LogP contribution in [0, 0.1) is 5.92 Å². The molecule has 0 aliphatic heterocycles. The van der Waals surface area contributed by atoms with Crippen molar-refractivity contribution >= 4 is 33.3 Å². The fourth-order valence-corrected chi connectivity index (χ4v) is 5.14. The number of nitrogens with one attached hydrogen (secondary N) is 2. The van der Waals surface area contributed by atoms with Crippen molar-refractivity contribution in [1.82, 2.24) is 20.6 Å². The van der Waals surface area contributed by atoms with Gasteiger partial charge >= 0.3 is 0 Å². The zero-order chi connectivity index (χ0) is 21.6. The van der Waals surface area contributed by atoms with Gasteiger partial charge in [-0.05, 0) is 30.0 Å². The highest BCUT2D eigenvalue weighted by atomic mass is 32.1. The number of anilines is 1. The summed E-state index contributed by atoms with van der Waals surface area (Å²) in [5.74, 6) is 2.30. The number of rotatable bonds is 9. The topological polar surface area (TPSA) is 111 Å². The molecule has 1 saturated carbocycles. The van der Waals surface area contributed by atoms with E-state index in [1.54, 1.807) is 14.2 Å². The smallest absolute Gasteiger partial charge is 0.272 e. The molecule has 3 aromatic rings. The molecule has 1 aromatic carbocycles. The second kappa shape index (κ2) is 9.95. The van der Waals surface area contributed by atoms with Gasteiger partial charge in [0.2, 0.25) is 0 Å². The van der Waals surface area contributed by atoms with Gasteiger partial charge in [-0.1, -0.05) is 37.2 Å². The van der Waals surface area contributed by atoms with Crippen LogP contribution in [0.2, 0.25) is 0 Å². The van der Waals surface area contributed by atoms with Crippen LogP contribution in [-0.4, -0.2) is 47.4 Å². The molecule has 0 spiro atoms. The number of benzene rings is 1. The van der Waals surface area contributed by atoms with Crippen LogP contribution in [0.3, 0.4) is 0 Å². The minimum atomic E-state index is -0.345. The first-order valence-corrected chi connectivity index (χ1v) is 11.4. The third-order valence-electron chi connectivity index (χ3n) is 5.65. The van der Waals surface area contributed by atoms with Crippen LogP contribution in [0.15, 0.2) is 12.1 Å². The SMILES string of the molecule is COc1cc2sc(C(=O)Nc3nn[nH]n3)c(OCCCC3CCCCC3)c2cc1OC. The third-order valence-corrected chi connectivity index (χ3v) is 6.79. The molecule has 2 N–H and O–H groups in total. The summed E-state index contributed by atoms with van der Waals surface area (Å²) in [5.41, 5.74) is 0. The molecule has 1 aliphatic rings. The number of aromatic nitrogens is 4. The maximum absolute atomic E-state index is 12.9. The first-order valence-electron chi connectivity index (χ1n) is 10.6. The maximum Gasteiger partial charge on any atom is 0.272 e. The van der Waals surface area contributed by atoms with Crippen LogP contribution >= 0.6 is 11.3 Å². The van der Waals surface area contributed by atoms with Crippen molar-refractivity contribution < 1.29 is 19.0 Å². The summed E-state index contributed by atoms with van der Waals surface area (Å²) in [7, 11) is 3.18. The van der Waals surface area contributed by atoms with Gasteiger partial charge < -0.3 is 14.2 Å². The molecule has 4 rings (SSSR count). The standard InChI is InChI=1S/C21H27N5O4S/c1-28-15-11-14-17(12-16(15)29-2)31-19(20(27)22-21-23-25-26-24-21)18(14)30-10-6-9-13-7-4-3-5-8-13/h11-13H,3-10H2,1-2H3,(H2,22,23,24,25,26,27). The van der Waals surface area contributed by atoms with Crippen molar-refractivity contribution in [2.24, 2.45) is 5.92 Å². The molecule has 1 aliphatic carbocycles. The number of ether oxygens (including phenoxy) is 3. The largest absolute Gasteiger partial charge is 0.493 e. The fraction of sp³-hybridized carbons (Fsp3) is 0.524. The highest BCUT2D eigenvalue weighted by molar-refractivity contribution is 7.21. The summed E-state index contributed by atoms with van der Waals surface area (Å²) >= 11 is 1.33. The molecule has 9 nitrogen and oxygen atoms in total. The number of nitrogens with zero attached hydrogens (tertiary/aromatic N) is 3. The van der Waals surface area contributed by atoms with E-state index in [4.69, 9.17) is 14.2 Å². The van der Waals surface area contributed by atoms with Crippen molar-refractivity contribution in [2.45, 2.75) is 44.9 Å². The molecule has 166 valence electrons. The van der Waals surface area contributed by atoms with E-state index in [1.807, 2.05) is 12.1 Å². The van der Waals surface area contributed by atoms with Crippen LogP contribution < -0.4 is 19.5 Å². The molecule has 1 fully saturated rings. The number of hydrogen-bond acceptors (Lipinski definition) is 8. The number of H-pyrrole nitrogens is 1. The summed E-state index contributed by atoms with van der Waals surface area (Å²) in [6.07, 6.45) is 8.78. The number of amides is 1. The maximum atomic E-state index is 12.9. The van der Waals surface area contributed by atoms with E-state index in [0.29, 0.717) is 28.7 Å². The Kier molecular flexibility index (Phi) is 6.86. The van der Waals surface area contributed by atoms with E-state index in [2.05, 4.69) is 25.9 Å². The molecule has 0 unspecified atom stereocenters. The van der Waals surface area contributed by atoms with Crippen LogP contribution in [0.5, 0.6) is 17.2 Å². The number of carbonyl (C=O) groups is 1. The highest BCUT2D eigenvalue weighted by Crippen LogP contribution is 2.44. The molecule has 0 radical (unpaired) electrons. The lowest BCUT2D eigenvalue weighted by molar-refractivity contribution is 0.102. The molecular weight excluding hydrogens is 418 g/mol. The Labute approximate surface area is 184 Å². The number of carbonyl (C=O) groups excluding carboxylic acids is 1. The van der Waals surface area contributed by atoms with E-state index in [9.17, 15) is 4.79 Å². The highest BCUT2D eigenvalue weighted by Gasteiger charge is 2.23.